The Labute approximate surface area is 120 Å². The third-order valence-electron chi connectivity index (χ3n) is 3.38. The van der Waals surface area contributed by atoms with Crippen LogP contribution >= 0.6 is 0 Å². The van der Waals surface area contributed by atoms with Crippen molar-refractivity contribution in [3.8, 4) is 0 Å². The Morgan fingerprint density at radius 1 is 1.43 bits per heavy atom. The molecule has 0 aliphatic carbocycles. The molecule has 1 amide bonds. The molecule has 1 aliphatic rings. The number of ether oxygens (including phenoxy) is 1. The lowest BCUT2D eigenvalue weighted by molar-refractivity contribution is -0.402. The first-order chi connectivity index (χ1) is 10.0. The molecule has 1 fully saturated rings. The molecule has 1 aromatic heterocycles. The van der Waals surface area contributed by atoms with Gasteiger partial charge in [0.15, 0.2) is 5.76 Å². The molecule has 0 bridgehead atoms. The highest BCUT2D eigenvalue weighted by Crippen LogP contribution is 2.22. The molecule has 2 rings (SSSR count). The van der Waals surface area contributed by atoms with Gasteiger partial charge in [-0.15, -0.1) is 0 Å². The summed E-state index contributed by atoms with van der Waals surface area (Å²) in [6, 6.07) is 2.44. The van der Waals surface area contributed by atoms with E-state index >= 15 is 0 Å². The van der Waals surface area contributed by atoms with Crippen LogP contribution in [0.5, 0.6) is 0 Å². The summed E-state index contributed by atoms with van der Waals surface area (Å²) >= 11 is 0. The summed E-state index contributed by atoms with van der Waals surface area (Å²) in [6.45, 7) is 2.89. The quantitative estimate of drug-likeness (QED) is 0.475. The number of carbonyl (C=O) groups is 2. The first-order valence-corrected chi connectivity index (χ1v) is 6.73. The van der Waals surface area contributed by atoms with E-state index in [0.29, 0.717) is 32.5 Å². The fourth-order valence-electron chi connectivity index (χ4n) is 2.27. The van der Waals surface area contributed by atoms with Gasteiger partial charge in [-0.05, 0) is 25.8 Å². The Balaban J connectivity index is 1.93. The number of carbonyl (C=O) groups excluding carboxylic acids is 2. The minimum Gasteiger partial charge on any atom is -0.466 e. The summed E-state index contributed by atoms with van der Waals surface area (Å²) in [5.74, 6) is -1.35. The summed E-state index contributed by atoms with van der Waals surface area (Å²) < 4.78 is 9.85. The molecule has 1 aromatic rings. The van der Waals surface area contributed by atoms with Gasteiger partial charge in [0.1, 0.15) is 4.92 Å². The molecule has 8 heteroatoms. The number of rotatable bonds is 4. The molecular formula is C13H16N2O6. The zero-order chi connectivity index (χ0) is 15.4. The molecule has 0 radical (unpaired) electrons. The maximum absolute atomic E-state index is 12.1. The second-order valence-corrected chi connectivity index (χ2v) is 4.71. The van der Waals surface area contributed by atoms with Crippen LogP contribution in [0, 0.1) is 16.0 Å². The molecule has 1 saturated heterocycles. The van der Waals surface area contributed by atoms with Gasteiger partial charge in [0.2, 0.25) is 0 Å². The van der Waals surface area contributed by atoms with Crippen LogP contribution in [0.25, 0.3) is 0 Å². The fourth-order valence-corrected chi connectivity index (χ4v) is 2.27. The molecular weight excluding hydrogens is 280 g/mol. The lowest BCUT2D eigenvalue weighted by Crippen LogP contribution is -2.40. The van der Waals surface area contributed by atoms with Crippen molar-refractivity contribution in [3.63, 3.8) is 0 Å². The molecule has 8 nitrogen and oxygen atoms in total. The molecule has 1 aliphatic heterocycles. The normalized spacial score (nSPS) is 15.8. The van der Waals surface area contributed by atoms with Crippen molar-refractivity contribution in [3.05, 3.63) is 28.0 Å². The summed E-state index contributed by atoms with van der Waals surface area (Å²) in [7, 11) is 0. The van der Waals surface area contributed by atoms with Crippen molar-refractivity contribution in [2.45, 2.75) is 19.8 Å². The van der Waals surface area contributed by atoms with E-state index in [1.807, 2.05) is 0 Å². The van der Waals surface area contributed by atoms with Crippen LogP contribution in [0.3, 0.4) is 0 Å². The predicted molar refractivity (Wildman–Crippen MR) is 70.6 cm³/mol. The van der Waals surface area contributed by atoms with E-state index in [-0.39, 0.29) is 17.6 Å². The number of likely N-dealkylation sites (tertiary alicyclic amines) is 1. The maximum atomic E-state index is 12.1. The van der Waals surface area contributed by atoms with Crippen molar-refractivity contribution >= 4 is 17.8 Å². The second kappa shape index (κ2) is 6.38. The maximum Gasteiger partial charge on any atom is 0.433 e. The Morgan fingerprint density at radius 3 is 2.62 bits per heavy atom. The SMILES string of the molecule is CCOC(=O)C1CCN(C(=O)c2ccc([N+](=O)[O-])o2)CC1. The number of esters is 1. The van der Waals surface area contributed by atoms with Crippen molar-refractivity contribution in [2.75, 3.05) is 19.7 Å². The molecule has 21 heavy (non-hydrogen) atoms. The van der Waals surface area contributed by atoms with Gasteiger partial charge in [-0.1, -0.05) is 0 Å². The molecule has 2 heterocycles. The number of nitro groups is 1. The van der Waals surface area contributed by atoms with Crippen molar-refractivity contribution in [2.24, 2.45) is 5.92 Å². The number of hydrogen-bond acceptors (Lipinski definition) is 6. The average Bonchev–Trinajstić information content (AvgIpc) is 2.97. The second-order valence-electron chi connectivity index (χ2n) is 4.71. The van der Waals surface area contributed by atoms with Crippen LogP contribution in [0.4, 0.5) is 5.88 Å². The highest BCUT2D eigenvalue weighted by Gasteiger charge is 2.30. The summed E-state index contributed by atoms with van der Waals surface area (Å²) in [6.07, 6.45) is 1.04. The van der Waals surface area contributed by atoms with Gasteiger partial charge in [-0.3, -0.25) is 19.7 Å². The van der Waals surface area contributed by atoms with E-state index in [2.05, 4.69) is 0 Å². The smallest absolute Gasteiger partial charge is 0.433 e. The third kappa shape index (κ3) is 3.39. The molecule has 0 N–H and O–H groups in total. The first kappa shape index (κ1) is 15.0. The first-order valence-electron chi connectivity index (χ1n) is 6.73. The molecule has 0 aromatic carbocycles. The Morgan fingerprint density at radius 2 is 2.10 bits per heavy atom. The van der Waals surface area contributed by atoms with Crippen LogP contribution in [0.15, 0.2) is 16.5 Å². The van der Waals surface area contributed by atoms with E-state index in [9.17, 15) is 19.7 Å². The minimum absolute atomic E-state index is 0.0590. The molecule has 114 valence electrons. The number of nitrogens with zero attached hydrogens (tertiary/aromatic N) is 2. The third-order valence-corrected chi connectivity index (χ3v) is 3.38. The van der Waals surface area contributed by atoms with E-state index in [0.717, 1.165) is 6.07 Å². The zero-order valence-electron chi connectivity index (χ0n) is 11.6. The Kier molecular flexibility index (Phi) is 4.56. The van der Waals surface area contributed by atoms with Crippen LogP contribution in [-0.2, 0) is 9.53 Å². The minimum atomic E-state index is -0.691. The summed E-state index contributed by atoms with van der Waals surface area (Å²) in [5.41, 5.74) is 0. The predicted octanol–water partition coefficient (Wildman–Crippen LogP) is 1.60. The van der Waals surface area contributed by atoms with E-state index in [1.54, 1.807) is 6.92 Å². The lowest BCUT2D eigenvalue weighted by Gasteiger charge is -2.30. The standard InChI is InChI=1S/C13H16N2O6/c1-2-20-13(17)9-5-7-14(8-6-9)12(16)10-3-4-11(21-10)15(18)19/h3-4,9H,2,5-8H2,1H3. The van der Waals surface area contributed by atoms with Gasteiger partial charge >= 0.3 is 11.9 Å². The van der Waals surface area contributed by atoms with Crippen LogP contribution in [0.2, 0.25) is 0 Å². The molecule has 0 unspecified atom stereocenters. The van der Waals surface area contributed by atoms with Crippen LogP contribution in [0.1, 0.15) is 30.3 Å². The summed E-state index contributed by atoms with van der Waals surface area (Å²) in [4.78, 5) is 35.1. The Bertz CT molecular complexity index is 545. The van der Waals surface area contributed by atoms with Crippen LogP contribution < -0.4 is 0 Å². The average molecular weight is 296 g/mol. The van der Waals surface area contributed by atoms with Gasteiger partial charge in [0.05, 0.1) is 18.6 Å². The monoisotopic (exact) mass is 296 g/mol. The van der Waals surface area contributed by atoms with Crippen molar-refractivity contribution < 1.29 is 23.7 Å². The number of piperidine rings is 1. The van der Waals surface area contributed by atoms with Gasteiger partial charge in [-0.25, -0.2) is 0 Å². The molecule has 0 atom stereocenters. The number of hydrogen-bond donors (Lipinski definition) is 0. The van der Waals surface area contributed by atoms with Gasteiger partial charge in [0, 0.05) is 13.1 Å². The van der Waals surface area contributed by atoms with Crippen molar-refractivity contribution in [1.82, 2.24) is 4.90 Å². The van der Waals surface area contributed by atoms with Gasteiger partial charge < -0.3 is 14.1 Å². The highest BCUT2D eigenvalue weighted by atomic mass is 16.6. The zero-order valence-corrected chi connectivity index (χ0v) is 11.6. The fraction of sp³-hybridized carbons (Fsp3) is 0.538. The van der Waals surface area contributed by atoms with Crippen molar-refractivity contribution in [1.29, 1.82) is 0 Å². The summed E-state index contributed by atoms with van der Waals surface area (Å²) in [5, 5.41) is 10.5. The highest BCUT2D eigenvalue weighted by molar-refractivity contribution is 5.92. The number of amides is 1. The molecule has 0 saturated carbocycles. The molecule has 0 spiro atoms. The van der Waals surface area contributed by atoms with Crippen LogP contribution in [-0.4, -0.2) is 41.4 Å². The topological polar surface area (TPSA) is 103 Å². The number of furan rings is 1. The lowest BCUT2D eigenvalue weighted by atomic mass is 9.97. The van der Waals surface area contributed by atoms with E-state index < -0.39 is 16.7 Å². The van der Waals surface area contributed by atoms with E-state index in [4.69, 9.17) is 9.15 Å². The van der Waals surface area contributed by atoms with E-state index in [1.165, 1.54) is 11.0 Å². The largest absolute Gasteiger partial charge is 0.466 e. The van der Waals surface area contributed by atoms with Gasteiger partial charge in [0.25, 0.3) is 5.91 Å². The Hall–Kier alpha value is -2.38. The van der Waals surface area contributed by atoms with Gasteiger partial charge in [-0.2, -0.15) is 0 Å².